The zero-order valence-corrected chi connectivity index (χ0v) is 14.1. The number of rotatable bonds is 12. The minimum atomic E-state index is 0.319. The smallest absolute Gasteiger partial charge is 0.0428 e. The van der Waals surface area contributed by atoms with Gasteiger partial charge in [0.1, 0.15) is 0 Å². The molecule has 0 fully saturated rings. The van der Waals surface area contributed by atoms with Crippen LogP contribution in [-0.2, 0) is 0 Å². The first kappa shape index (κ1) is 21.2. The summed E-state index contributed by atoms with van der Waals surface area (Å²) in [5, 5.41) is 7.88. The molecule has 0 aliphatic rings. The van der Waals surface area contributed by atoms with Crippen molar-refractivity contribution in [2.75, 3.05) is 27.2 Å². The lowest BCUT2D eigenvalue weighted by molar-refractivity contribution is 0.295. The Labute approximate surface area is 122 Å². The van der Waals surface area contributed by atoms with Crippen LogP contribution < -0.4 is 0 Å². The second kappa shape index (κ2) is 20.2. The van der Waals surface area contributed by atoms with E-state index in [4.69, 9.17) is 5.11 Å². The maximum atomic E-state index is 7.88. The molecule has 0 aromatic rings. The molecule has 19 heavy (non-hydrogen) atoms. The van der Waals surface area contributed by atoms with E-state index >= 15 is 0 Å². The molecule has 0 heterocycles. The number of unbranched alkanes of at least 4 members (excludes halogenated alkanes) is 9. The second-order valence-electron chi connectivity index (χ2n) is 5.71. The second-order valence-corrected chi connectivity index (χ2v) is 5.71. The quantitative estimate of drug-likeness (QED) is 0.513. The van der Waals surface area contributed by atoms with Gasteiger partial charge in [-0.15, -0.1) is 0 Å². The topological polar surface area (TPSA) is 23.5 Å². The summed E-state index contributed by atoms with van der Waals surface area (Å²) < 4.78 is 0. The van der Waals surface area contributed by atoms with Gasteiger partial charge in [-0.1, -0.05) is 71.6 Å². The molecule has 0 aromatic carbocycles. The van der Waals surface area contributed by atoms with Crippen molar-refractivity contribution in [3.8, 4) is 0 Å². The summed E-state index contributed by atoms with van der Waals surface area (Å²) in [7, 11) is 4.32. The zero-order valence-electron chi connectivity index (χ0n) is 14.1. The van der Waals surface area contributed by atoms with Crippen LogP contribution in [0.15, 0.2) is 0 Å². The van der Waals surface area contributed by atoms with Crippen LogP contribution in [0.5, 0.6) is 0 Å². The van der Waals surface area contributed by atoms with Crippen LogP contribution in [-0.4, -0.2) is 37.3 Å². The molecule has 0 rings (SSSR count). The van der Waals surface area contributed by atoms with Crippen molar-refractivity contribution in [3.05, 3.63) is 0 Å². The Morgan fingerprint density at radius 3 is 1.32 bits per heavy atom. The Morgan fingerprint density at radius 1 is 0.632 bits per heavy atom. The third-order valence-corrected chi connectivity index (χ3v) is 3.18. The molecule has 0 saturated carbocycles. The highest BCUT2D eigenvalue weighted by molar-refractivity contribution is 4.49. The molecule has 0 amide bonds. The third-order valence-electron chi connectivity index (χ3n) is 3.18. The monoisotopic (exact) mass is 273 g/mol. The van der Waals surface area contributed by atoms with Gasteiger partial charge in [-0.3, -0.25) is 0 Å². The van der Waals surface area contributed by atoms with Gasteiger partial charge in [-0.2, -0.15) is 0 Å². The van der Waals surface area contributed by atoms with E-state index < -0.39 is 0 Å². The van der Waals surface area contributed by atoms with Crippen molar-refractivity contribution in [1.82, 2.24) is 4.90 Å². The van der Waals surface area contributed by atoms with Gasteiger partial charge < -0.3 is 10.0 Å². The highest BCUT2D eigenvalue weighted by atomic mass is 16.2. The normalized spacial score (nSPS) is 10.4. The van der Waals surface area contributed by atoms with Gasteiger partial charge in [0.05, 0.1) is 0 Å². The van der Waals surface area contributed by atoms with Crippen molar-refractivity contribution in [2.24, 2.45) is 0 Å². The van der Waals surface area contributed by atoms with Gasteiger partial charge in [-0.25, -0.2) is 0 Å². The van der Waals surface area contributed by atoms with Crippen LogP contribution in [0.2, 0.25) is 0 Å². The molecule has 0 unspecified atom stereocenters. The van der Waals surface area contributed by atoms with Crippen LogP contribution in [0.3, 0.4) is 0 Å². The van der Waals surface area contributed by atoms with Gasteiger partial charge in [0.15, 0.2) is 0 Å². The first-order valence-electron chi connectivity index (χ1n) is 8.44. The summed E-state index contributed by atoms with van der Waals surface area (Å²) in [5.41, 5.74) is 0. The van der Waals surface area contributed by atoms with E-state index in [2.05, 4.69) is 25.9 Å². The molecule has 0 atom stereocenters. The molecule has 118 valence electrons. The van der Waals surface area contributed by atoms with E-state index in [1.165, 1.54) is 70.8 Å². The zero-order chi connectivity index (χ0) is 14.8. The van der Waals surface area contributed by atoms with Crippen LogP contribution >= 0.6 is 0 Å². The van der Waals surface area contributed by atoms with Gasteiger partial charge in [0.2, 0.25) is 0 Å². The van der Waals surface area contributed by atoms with Crippen molar-refractivity contribution >= 4 is 0 Å². The van der Waals surface area contributed by atoms with Crippen LogP contribution in [0, 0.1) is 0 Å². The summed E-state index contributed by atoms with van der Waals surface area (Å²) in [6, 6.07) is 0. The Hall–Kier alpha value is -0.0800. The summed E-state index contributed by atoms with van der Waals surface area (Å²) in [4.78, 5) is 2.28. The van der Waals surface area contributed by atoms with Gasteiger partial charge in [0, 0.05) is 6.61 Å². The molecule has 0 radical (unpaired) electrons. The average molecular weight is 274 g/mol. The third kappa shape index (κ3) is 27.2. The van der Waals surface area contributed by atoms with E-state index in [1.807, 2.05) is 6.92 Å². The molecule has 0 aliphatic carbocycles. The first-order valence-corrected chi connectivity index (χ1v) is 8.44. The Morgan fingerprint density at radius 2 is 1.00 bits per heavy atom. The molecule has 0 bridgehead atoms. The Balaban J connectivity index is 0. The molecule has 0 spiro atoms. The summed E-state index contributed by atoms with van der Waals surface area (Å²) in [6.07, 6.45) is 15.2. The van der Waals surface area contributed by atoms with Crippen LogP contribution in [0.25, 0.3) is 0 Å². The van der Waals surface area contributed by atoms with Gasteiger partial charge in [-0.05, 0) is 33.5 Å². The summed E-state index contributed by atoms with van der Waals surface area (Å²) in [5.74, 6) is 0. The van der Waals surface area contributed by atoms with E-state index in [-0.39, 0.29) is 0 Å². The number of hydrogen-bond donors (Lipinski definition) is 1. The van der Waals surface area contributed by atoms with E-state index in [0.29, 0.717) is 6.61 Å². The van der Waals surface area contributed by atoms with E-state index in [9.17, 15) is 0 Å². The number of hydrogen-bond acceptors (Lipinski definition) is 2. The Bertz CT molecular complexity index is 135. The maximum Gasteiger partial charge on any atom is 0.0428 e. The van der Waals surface area contributed by atoms with Gasteiger partial charge >= 0.3 is 0 Å². The van der Waals surface area contributed by atoms with Crippen molar-refractivity contribution in [1.29, 1.82) is 0 Å². The molecule has 2 nitrogen and oxygen atoms in total. The van der Waals surface area contributed by atoms with Crippen molar-refractivity contribution in [2.45, 2.75) is 84.5 Å². The highest BCUT2D eigenvalue weighted by Crippen LogP contribution is 2.10. The summed E-state index contributed by atoms with van der Waals surface area (Å²) >= 11 is 0. The lowest BCUT2D eigenvalue weighted by Gasteiger charge is -2.08. The van der Waals surface area contributed by atoms with Crippen LogP contribution in [0.4, 0.5) is 0 Å². The lowest BCUT2D eigenvalue weighted by atomic mass is 10.1. The largest absolute Gasteiger partial charge is 0.396 e. The molecule has 1 N–H and O–H groups in total. The van der Waals surface area contributed by atoms with Crippen molar-refractivity contribution in [3.63, 3.8) is 0 Å². The molecule has 0 aromatic heterocycles. The number of aliphatic hydroxyl groups excluding tert-OH is 1. The molecule has 2 heteroatoms. The van der Waals surface area contributed by atoms with E-state index in [0.717, 1.165) is 6.42 Å². The fourth-order valence-electron chi connectivity index (χ4n) is 1.92. The summed E-state index contributed by atoms with van der Waals surface area (Å²) in [6.45, 7) is 5.79. The van der Waals surface area contributed by atoms with Gasteiger partial charge in [0.25, 0.3) is 0 Å². The predicted octanol–water partition coefficient (Wildman–Crippen LogP) is 4.86. The number of nitrogens with zero attached hydrogens (tertiary/aromatic N) is 1. The number of aliphatic hydroxyl groups is 1. The van der Waals surface area contributed by atoms with E-state index in [1.54, 1.807) is 0 Å². The molecular weight excluding hydrogens is 234 g/mol. The molecule has 0 saturated heterocycles. The molecular formula is C17H39NO. The first-order chi connectivity index (χ1) is 9.18. The standard InChI is InChI=1S/C14H31N.C3H8O/c1-4-5-6-7-8-9-10-11-12-13-14-15(2)3;1-2-3-4/h4-14H2,1-3H3;4H,2-3H2,1H3. The fraction of sp³-hybridized carbons (Fsp3) is 1.00. The minimum Gasteiger partial charge on any atom is -0.396 e. The average Bonchev–Trinajstić information content (AvgIpc) is 2.41. The lowest BCUT2D eigenvalue weighted by Crippen LogP contribution is -2.12. The van der Waals surface area contributed by atoms with Crippen LogP contribution in [0.1, 0.15) is 84.5 Å². The minimum absolute atomic E-state index is 0.319. The fourth-order valence-corrected chi connectivity index (χ4v) is 1.92. The van der Waals surface area contributed by atoms with Crippen molar-refractivity contribution < 1.29 is 5.11 Å². The molecule has 0 aliphatic heterocycles. The highest BCUT2D eigenvalue weighted by Gasteiger charge is 1.93. The Kier molecular flexibility index (Phi) is 22.6. The maximum absolute atomic E-state index is 7.88. The predicted molar refractivity (Wildman–Crippen MR) is 87.8 cm³/mol. The SMILES string of the molecule is CCCCCCCCCCCCN(C)C.CCCO.